The van der Waals surface area contributed by atoms with E-state index >= 15 is 0 Å². The molecule has 3 rings (SSSR count). The summed E-state index contributed by atoms with van der Waals surface area (Å²) in [5, 5.41) is 43.7. The molecule has 154 valence electrons. The van der Waals surface area contributed by atoms with Gasteiger partial charge in [-0.2, -0.15) is 0 Å². The molecular formula is C18H20N4O7. The maximum absolute atomic E-state index is 10.4. The smallest absolute Gasteiger partial charge is 0.324 e. The molecule has 11 heteroatoms. The molecule has 0 amide bonds. The quantitative estimate of drug-likeness (QED) is 0.578. The Balaban J connectivity index is 0.000000211. The predicted molar refractivity (Wildman–Crippen MR) is 104 cm³/mol. The Morgan fingerprint density at radius 1 is 0.966 bits per heavy atom. The topological polar surface area (TPSA) is 162 Å². The van der Waals surface area contributed by atoms with Crippen LogP contribution in [0.2, 0.25) is 0 Å². The average molecular weight is 404 g/mol. The highest BCUT2D eigenvalue weighted by Gasteiger charge is 2.30. The molecule has 29 heavy (non-hydrogen) atoms. The van der Waals surface area contributed by atoms with Crippen molar-refractivity contribution in [3.8, 4) is 5.75 Å². The van der Waals surface area contributed by atoms with Crippen molar-refractivity contribution >= 4 is 17.1 Å². The number of hydrogen-bond acceptors (Lipinski definition) is 8. The van der Waals surface area contributed by atoms with Gasteiger partial charge in [0.2, 0.25) is 0 Å². The number of aromatic hydroxyl groups is 1. The number of benzene rings is 2. The number of nitrogens with zero attached hydrogens (tertiary/aromatic N) is 3. The van der Waals surface area contributed by atoms with Crippen LogP contribution in [0.3, 0.4) is 0 Å². The summed E-state index contributed by atoms with van der Waals surface area (Å²) in [4.78, 5) is 27.8. The summed E-state index contributed by atoms with van der Waals surface area (Å²) in [5.41, 5.74) is -1.17. The largest absolute Gasteiger partial charge is 0.497 e. The number of rotatable bonds is 4. The van der Waals surface area contributed by atoms with Gasteiger partial charge < -0.3 is 10.4 Å². The van der Waals surface area contributed by atoms with E-state index in [0.29, 0.717) is 17.5 Å². The lowest BCUT2D eigenvalue weighted by Crippen LogP contribution is -2.40. The Bertz CT molecular complexity index is 877. The minimum absolute atomic E-state index is 0.361. The summed E-state index contributed by atoms with van der Waals surface area (Å²) in [7, 11) is 0. The van der Waals surface area contributed by atoms with E-state index in [4.69, 9.17) is 5.11 Å². The third-order valence-corrected chi connectivity index (χ3v) is 4.73. The fourth-order valence-electron chi connectivity index (χ4n) is 3.12. The van der Waals surface area contributed by atoms with Gasteiger partial charge in [0.25, 0.3) is 11.4 Å². The number of hydrogen-bond donors (Lipinski definition) is 2. The lowest BCUT2D eigenvalue weighted by Gasteiger charge is -2.34. The Hall–Kier alpha value is -3.60. The number of nitro groups is 3. The molecule has 2 aromatic rings. The molecule has 1 heterocycles. The van der Waals surface area contributed by atoms with Crippen molar-refractivity contribution in [3.63, 3.8) is 0 Å². The molecule has 1 fully saturated rings. The molecule has 1 aliphatic rings. The second kappa shape index (κ2) is 9.06. The molecule has 0 saturated carbocycles. The number of nitrogens with one attached hydrogen (secondary N) is 1. The van der Waals surface area contributed by atoms with E-state index < -0.39 is 37.6 Å². The lowest BCUT2D eigenvalue weighted by molar-refractivity contribution is -0.404. The molecule has 1 saturated heterocycles. The third-order valence-electron chi connectivity index (χ3n) is 4.73. The molecule has 1 aliphatic heterocycles. The van der Waals surface area contributed by atoms with Gasteiger partial charge in [0.15, 0.2) is 0 Å². The molecular weight excluding hydrogens is 384 g/mol. The molecule has 0 radical (unpaired) electrons. The zero-order chi connectivity index (χ0) is 21.6. The highest BCUT2D eigenvalue weighted by molar-refractivity contribution is 5.64. The van der Waals surface area contributed by atoms with Crippen LogP contribution >= 0.6 is 0 Å². The number of non-ortho nitro benzene ring substituents is 1. The first-order valence-corrected chi connectivity index (χ1v) is 8.72. The highest BCUT2D eigenvalue weighted by atomic mass is 16.6. The van der Waals surface area contributed by atoms with Crippen molar-refractivity contribution in [2.75, 3.05) is 13.1 Å². The number of phenolic OH excluding ortho intramolecular Hbond substituents is 1. The van der Waals surface area contributed by atoms with E-state index in [1.807, 2.05) is 0 Å². The SMILES string of the molecule is CC1(c2ccccc2)CCCNC1.O=[N+]([O-])c1cc([N+](=O)[O-])c(O)c([N+](=O)[O-])c1. The van der Waals surface area contributed by atoms with Crippen LogP contribution in [0.1, 0.15) is 25.3 Å². The summed E-state index contributed by atoms with van der Waals surface area (Å²) in [6, 6.07) is 11.7. The van der Waals surface area contributed by atoms with E-state index in [9.17, 15) is 30.3 Å². The van der Waals surface area contributed by atoms with Crippen LogP contribution in [0.25, 0.3) is 0 Å². The van der Waals surface area contributed by atoms with Gasteiger partial charge in [-0.3, -0.25) is 30.3 Å². The van der Waals surface area contributed by atoms with E-state index in [2.05, 4.69) is 42.6 Å². The predicted octanol–water partition coefficient (Wildman–Crippen LogP) is 3.44. The number of phenols is 1. The zero-order valence-electron chi connectivity index (χ0n) is 15.6. The highest BCUT2D eigenvalue weighted by Crippen LogP contribution is 2.39. The van der Waals surface area contributed by atoms with Crippen molar-refractivity contribution in [1.82, 2.24) is 5.32 Å². The van der Waals surface area contributed by atoms with Crippen LogP contribution in [0.5, 0.6) is 5.75 Å². The standard InChI is InChI=1S/C12H17N.C6H3N3O7/c1-12(8-5-9-13-10-12)11-6-3-2-4-7-11;10-6-4(8(13)14)1-3(7(11)12)2-5(6)9(15)16/h2-4,6-7,13H,5,8-10H2,1H3;1-2,10H. The summed E-state index contributed by atoms with van der Waals surface area (Å²) >= 11 is 0. The first-order chi connectivity index (χ1) is 13.7. The van der Waals surface area contributed by atoms with E-state index in [-0.39, 0.29) is 0 Å². The Morgan fingerprint density at radius 2 is 1.52 bits per heavy atom. The Morgan fingerprint density at radius 3 is 1.93 bits per heavy atom. The lowest BCUT2D eigenvalue weighted by atomic mass is 9.77. The van der Waals surface area contributed by atoms with Crippen molar-refractivity contribution < 1.29 is 19.9 Å². The molecule has 0 aromatic heterocycles. The van der Waals surface area contributed by atoms with Crippen molar-refractivity contribution in [2.45, 2.75) is 25.2 Å². The van der Waals surface area contributed by atoms with Crippen LogP contribution in [0.15, 0.2) is 42.5 Å². The van der Waals surface area contributed by atoms with E-state index in [0.717, 1.165) is 6.54 Å². The van der Waals surface area contributed by atoms with Gasteiger partial charge >= 0.3 is 11.4 Å². The van der Waals surface area contributed by atoms with E-state index in [1.165, 1.54) is 24.9 Å². The molecule has 11 nitrogen and oxygen atoms in total. The van der Waals surface area contributed by atoms with E-state index in [1.54, 1.807) is 0 Å². The van der Waals surface area contributed by atoms with Gasteiger partial charge in [0.05, 0.1) is 26.9 Å². The maximum atomic E-state index is 10.4. The molecule has 2 N–H and O–H groups in total. The Labute approximate surface area is 165 Å². The minimum atomic E-state index is -1.21. The van der Waals surface area contributed by atoms with Gasteiger partial charge in [0, 0.05) is 12.0 Å². The van der Waals surface area contributed by atoms with Gasteiger partial charge in [-0.1, -0.05) is 37.3 Å². The Kier molecular flexibility index (Phi) is 6.78. The second-order valence-electron chi connectivity index (χ2n) is 6.81. The van der Waals surface area contributed by atoms with Crippen molar-refractivity contribution in [3.05, 3.63) is 78.4 Å². The summed E-state index contributed by atoms with van der Waals surface area (Å²) in [6.07, 6.45) is 2.61. The summed E-state index contributed by atoms with van der Waals surface area (Å²) in [5.74, 6) is -1.21. The second-order valence-corrected chi connectivity index (χ2v) is 6.81. The minimum Gasteiger partial charge on any atom is -0.497 e. The average Bonchev–Trinajstić information content (AvgIpc) is 2.69. The third kappa shape index (κ3) is 5.23. The van der Waals surface area contributed by atoms with Crippen LogP contribution in [0.4, 0.5) is 17.1 Å². The molecule has 0 spiro atoms. The fourth-order valence-corrected chi connectivity index (χ4v) is 3.12. The van der Waals surface area contributed by atoms with Crippen molar-refractivity contribution in [2.24, 2.45) is 0 Å². The normalized spacial score (nSPS) is 18.2. The number of nitro benzene ring substituents is 3. The first-order valence-electron chi connectivity index (χ1n) is 8.72. The van der Waals surface area contributed by atoms with Gasteiger partial charge in [-0.15, -0.1) is 0 Å². The monoisotopic (exact) mass is 404 g/mol. The van der Waals surface area contributed by atoms with Crippen LogP contribution < -0.4 is 5.32 Å². The number of piperidine rings is 1. The maximum Gasteiger partial charge on any atom is 0.324 e. The zero-order valence-corrected chi connectivity index (χ0v) is 15.6. The molecule has 1 atom stereocenters. The van der Waals surface area contributed by atoms with Gasteiger partial charge in [0.1, 0.15) is 0 Å². The van der Waals surface area contributed by atoms with Gasteiger partial charge in [-0.25, -0.2) is 0 Å². The summed E-state index contributed by atoms with van der Waals surface area (Å²) < 4.78 is 0. The van der Waals surface area contributed by atoms with Crippen molar-refractivity contribution in [1.29, 1.82) is 0 Å². The molecule has 0 bridgehead atoms. The van der Waals surface area contributed by atoms with Crippen LogP contribution in [-0.4, -0.2) is 33.0 Å². The first kappa shape index (κ1) is 21.7. The summed E-state index contributed by atoms with van der Waals surface area (Å²) in [6.45, 7) is 4.66. The molecule has 0 aliphatic carbocycles. The van der Waals surface area contributed by atoms with Crippen LogP contribution in [-0.2, 0) is 5.41 Å². The van der Waals surface area contributed by atoms with Gasteiger partial charge in [-0.05, 0) is 24.9 Å². The van der Waals surface area contributed by atoms with Crippen LogP contribution in [0, 0.1) is 30.3 Å². The molecule has 2 aromatic carbocycles. The molecule has 1 unspecified atom stereocenters. The fraction of sp³-hybridized carbons (Fsp3) is 0.333.